The van der Waals surface area contributed by atoms with Crippen LogP contribution in [0.15, 0.2) is 77.5 Å². The van der Waals surface area contributed by atoms with E-state index < -0.39 is 23.7 Å². The lowest BCUT2D eigenvalue weighted by Crippen LogP contribution is -2.32. The molecule has 0 bridgehead atoms. The normalized spacial score (nSPS) is 13.1. The van der Waals surface area contributed by atoms with Gasteiger partial charge in [-0.05, 0) is 79.6 Å². The average Bonchev–Trinajstić information content (AvgIpc) is 3.15. The van der Waals surface area contributed by atoms with Crippen LogP contribution >= 0.6 is 23.2 Å². The number of aryl methyl sites for hydroxylation is 1. The topological polar surface area (TPSA) is 105 Å². The number of benzene rings is 3. The fourth-order valence-corrected chi connectivity index (χ4v) is 4.30. The van der Waals surface area contributed by atoms with Crippen LogP contribution < -0.4 is 15.5 Å². The molecule has 3 aromatic carbocycles. The molecule has 1 aliphatic heterocycles. The van der Waals surface area contributed by atoms with Gasteiger partial charge >= 0.3 is 5.97 Å². The van der Waals surface area contributed by atoms with Crippen LogP contribution in [0.25, 0.3) is 0 Å². The minimum Gasteiger partial charge on any atom is -0.462 e. The van der Waals surface area contributed by atoms with E-state index in [0.29, 0.717) is 39.8 Å². The smallest absolute Gasteiger partial charge is 0.338 e. The summed E-state index contributed by atoms with van der Waals surface area (Å²) < 4.78 is 5.26. The molecular formula is C30H27Cl2N3O5. The van der Waals surface area contributed by atoms with Gasteiger partial charge in [-0.1, -0.05) is 49.0 Å². The molecule has 0 aromatic heterocycles. The molecule has 40 heavy (non-hydrogen) atoms. The number of unbranched alkanes of at least 4 members (excludes halogenated alkanes) is 2. The van der Waals surface area contributed by atoms with E-state index in [9.17, 15) is 19.2 Å². The zero-order valence-electron chi connectivity index (χ0n) is 21.9. The van der Waals surface area contributed by atoms with E-state index in [0.717, 1.165) is 29.7 Å². The lowest BCUT2D eigenvalue weighted by molar-refractivity contribution is -0.120. The lowest BCUT2D eigenvalue weighted by atomic mass is 10.1. The maximum absolute atomic E-state index is 13.1. The van der Waals surface area contributed by atoms with Gasteiger partial charge in [-0.3, -0.25) is 14.4 Å². The van der Waals surface area contributed by atoms with Gasteiger partial charge in [0.05, 0.1) is 17.9 Å². The van der Waals surface area contributed by atoms with Gasteiger partial charge in [-0.2, -0.15) is 0 Å². The van der Waals surface area contributed by atoms with Crippen LogP contribution in [0.5, 0.6) is 0 Å². The maximum atomic E-state index is 13.1. The molecule has 0 atom stereocenters. The number of halogens is 2. The van der Waals surface area contributed by atoms with Crippen molar-refractivity contribution in [2.75, 3.05) is 22.1 Å². The molecular weight excluding hydrogens is 553 g/mol. The first-order chi connectivity index (χ1) is 19.2. The van der Waals surface area contributed by atoms with E-state index in [-0.39, 0.29) is 10.7 Å². The number of rotatable bonds is 10. The zero-order valence-corrected chi connectivity index (χ0v) is 23.4. The Morgan fingerprint density at radius 3 is 2.23 bits per heavy atom. The number of anilines is 3. The van der Waals surface area contributed by atoms with Crippen LogP contribution in [-0.4, -0.2) is 30.3 Å². The summed E-state index contributed by atoms with van der Waals surface area (Å²) in [6, 6.07) is 17.5. The second kappa shape index (κ2) is 12.8. The number of imide groups is 1. The van der Waals surface area contributed by atoms with E-state index in [4.69, 9.17) is 27.9 Å². The molecule has 0 saturated carbocycles. The van der Waals surface area contributed by atoms with Gasteiger partial charge in [0.15, 0.2) is 0 Å². The quantitative estimate of drug-likeness (QED) is 0.157. The highest BCUT2D eigenvalue weighted by atomic mass is 35.5. The lowest BCUT2D eigenvalue weighted by Gasteiger charge is -2.16. The molecule has 3 amide bonds. The number of nitrogens with one attached hydrogen (secondary N) is 2. The summed E-state index contributed by atoms with van der Waals surface area (Å²) in [5, 5.41) is 5.91. The molecule has 0 radical (unpaired) electrons. The van der Waals surface area contributed by atoms with Crippen molar-refractivity contribution in [3.05, 3.63) is 99.2 Å². The molecule has 0 aliphatic carbocycles. The third-order valence-electron chi connectivity index (χ3n) is 6.23. The van der Waals surface area contributed by atoms with Gasteiger partial charge in [0.25, 0.3) is 17.7 Å². The molecule has 1 aliphatic rings. The van der Waals surface area contributed by atoms with E-state index >= 15 is 0 Å². The van der Waals surface area contributed by atoms with Crippen LogP contribution in [0, 0.1) is 6.92 Å². The highest BCUT2D eigenvalue weighted by Crippen LogP contribution is 2.31. The number of carbonyl (C=O) groups is 4. The first kappa shape index (κ1) is 28.9. The summed E-state index contributed by atoms with van der Waals surface area (Å²) in [7, 11) is 0. The fourth-order valence-electron chi connectivity index (χ4n) is 3.96. The Kier molecular flexibility index (Phi) is 9.24. The van der Waals surface area contributed by atoms with Gasteiger partial charge in [0.1, 0.15) is 10.7 Å². The van der Waals surface area contributed by atoms with Crippen molar-refractivity contribution in [1.29, 1.82) is 0 Å². The molecule has 1 heterocycles. The van der Waals surface area contributed by atoms with Gasteiger partial charge in [-0.25, -0.2) is 9.69 Å². The predicted octanol–water partition coefficient (Wildman–Crippen LogP) is 6.68. The largest absolute Gasteiger partial charge is 0.462 e. The first-order valence-corrected chi connectivity index (χ1v) is 13.5. The second-order valence-electron chi connectivity index (χ2n) is 9.14. The van der Waals surface area contributed by atoms with Crippen molar-refractivity contribution in [1.82, 2.24) is 0 Å². The molecule has 0 saturated heterocycles. The van der Waals surface area contributed by atoms with E-state index in [2.05, 4.69) is 17.6 Å². The minimum absolute atomic E-state index is 0.0977. The predicted molar refractivity (Wildman–Crippen MR) is 156 cm³/mol. The van der Waals surface area contributed by atoms with Gasteiger partial charge in [-0.15, -0.1) is 0 Å². The van der Waals surface area contributed by atoms with Crippen molar-refractivity contribution in [2.24, 2.45) is 0 Å². The monoisotopic (exact) mass is 579 g/mol. The SMILES string of the molecule is CCCCCOC(=O)c1ccc(NC(=O)c2ccc(C)c(NC3=C(Cl)C(=O)N(c4ccc(Cl)cc4)C3=O)c2)cc1. The molecule has 2 N–H and O–H groups in total. The highest BCUT2D eigenvalue weighted by molar-refractivity contribution is 6.53. The summed E-state index contributed by atoms with van der Waals surface area (Å²) in [6.45, 7) is 4.23. The maximum Gasteiger partial charge on any atom is 0.338 e. The molecule has 206 valence electrons. The number of esters is 1. The number of hydrogen-bond donors (Lipinski definition) is 2. The van der Waals surface area contributed by atoms with Crippen LogP contribution in [-0.2, 0) is 14.3 Å². The highest BCUT2D eigenvalue weighted by Gasteiger charge is 2.39. The summed E-state index contributed by atoms with van der Waals surface area (Å²) in [4.78, 5) is 52.0. The number of hydrogen-bond acceptors (Lipinski definition) is 6. The average molecular weight is 580 g/mol. The first-order valence-electron chi connectivity index (χ1n) is 12.7. The number of amides is 3. The van der Waals surface area contributed by atoms with Crippen molar-refractivity contribution in [2.45, 2.75) is 33.1 Å². The molecule has 8 nitrogen and oxygen atoms in total. The summed E-state index contributed by atoms with van der Waals surface area (Å²) in [5.41, 5.74) is 2.57. The van der Waals surface area contributed by atoms with Crippen LogP contribution in [0.2, 0.25) is 5.02 Å². The van der Waals surface area contributed by atoms with Crippen molar-refractivity contribution >= 4 is 64.0 Å². The third kappa shape index (κ3) is 6.52. The van der Waals surface area contributed by atoms with Crippen molar-refractivity contribution < 1.29 is 23.9 Å². The Morgan fingerprint density at radius 1 is 0.875 bits per heavy atom. The van der Waals surface area contributed by atoms with Gasteiger partial charge in [0, 0.05) is 22.0 Å². The van der Waals surface area contributed by atoms with Crippen molar-refractivity contribution in [3.63, 3.8) is 0 Å². The Morgan fingerprint density at radius 2 is 1.55 bits per heavy atom. The summed E-state index contributed by atoms with van der Waals surface area (Å²) in [5.74, 6) is -2.12. The molecule has 0 spiro atoms. The van der Waals surface area contributed by atoms with Gasteiger partial charge < -0.3 is 15.4 Å². The van der Waals surface area contributed by atoms with Crippen LogP contribution in [0.3, 0.4) is 0 Å². The number of carbonyl (C=O) groups excluding carboxylic acids is 4. The molecule has 10 heteroatoms. The second-order valence-corrected chi connectivity index (χ2v) is 9.95. The van der Waals surface area contributed by atoms with Gasteiger partial charge in [0.2, 0.25) is 0 Å². The fraction of sp³-hybridized carbons (Fsp3) is 0.200. The van der Waals surface area contributed by atoms with Crippen LogP contribution in [0.1, 0.15) is 52.5 Å². The molecule has 0 unspecified atom stereocenters. The zero-order chi connectivity index (χ0) is 28.8. The van der Waals surface area contributed by atoms with E-state index in [1.165, 1.54) is 0 Å². The molecule has 0 fully saturated rings. The van der Waals surface area contributed by atoms with Crippen molar-refractivity contribution in [3.8, 4) is 0 Å². The molecule has 4 rings (SSSR count). The Balaban J connectivity index is 1.44. The van der Waals surface area contributed by atoms with Crippen LogP contribution in [0.4, 0.5) is 17.1 Å². The summed E-state index contributed by atoms with van der Waals surface area (Å²) >= 11 is 12.2. The number of nitrogens with zero attached hydrogens (tertiary/aromatic N) is 1. The van der Waals surface area contributed by atoms with E-state index in [1.54, 1.807) is 73.7 Å². The third-order valence-corrected chi connectivity index (χ3v) is 6.83. The summed E-state index contributed by atoms with van der Waals surface area (Å²) in [6.07, 6.45) is 2.85. The Hall–Kier alpha value is -4.14. The van der Waals surface area contributed by atoms with E-state index in [1.807, 2.05) is 0 Å². The minimum atomic E-state index is -0.670. The Bertz CT molecular complexity index is 1480. The molecule has 3 aromatic rings. The number of ether oxygens (including phenoxy) is 1. The Labute approximate surface area is 241 Å². The standard InChI is InChI=1S/C30H27Cl2N3O5/c1-3-4-5-16-40-30(39)19-8-12-22(13-9-19)33-27(36)20-7-6-18(2)24(17-20)34-26-25(32)28(37)35(29(26)38)23-14-10-21(31)11-15-23/h6-15,17,34H,3-5,16H2,1-2H3,(H,33,36).